The van der Waals surface area contributed by atoms with Crippen LogP contribution in [0.3, 0.4) is 0 Å². The zero-order valence-electron chi connectivity index (χ0n) is 17.6. The minimum Gasteiger partial charge on any atom is -0.493 e. The number of nitrogens with zero attached hydrogens (tertiary/aromatic N) is 2. The van der Waals surface area contributed by atoms with Gasteiger partial charge in [-0.05, 0) is 42.9 Å². The maximum atomic E-state index is 12.5. The monoisotopic (exact) mass is 455 g/mol. The Balaban J connectivity index is 2.07. The molecule has 1 N–H and O–H groups in total. The first-order valence-electron chi connectivity index (χ1n) is 9.00. The van der Waals surface area contributed by atoms with Gasteiger partial charge in [0.1, 0.15) is 0 Å². The average molecular weight is 456 g/mol. The summed E-state index contributed by atoms with van der Waals surface area (Å²) < 4.78 is 36.2. The lowest BCUT2D eigenvalue weighted by Gasteiger charge is -2.18. The van der Waals surface area contributed by atoms with E-state index in [4.69, 9.17) is 21.1 Å². The van der Waals surface area contributed by atoms with Gasteiger partial charge in [0.2, 0.25) is 15.9 Å². The van der Waals surface area contributed by atoms with Crippen molar-refractivity contribution in [1.82, 2.24) is 9.21 Å². The molecule has 0 saturated heterocycles. The SMILES string of the molecule is COc1ccc(CN(C)CC(=O)Nc2cc(S(=O)(=O)N(C)C)ccc2Cl)cc1OC. The number of carbonyl (C=O) groups is 1. The number of rotatable bonds is 9. The molecule has 0 aliphatic heterocycles. The number of sulfonamides is 1. The van der Waals surface area contributed by atoms with Gasteiger partial charge in [-0.25, -0.2) is 12.7 Å². The van der Waals surface area contributed by atoms with Crippen LogP contribution in [-0.2, 0) is 21.4 Å². The minimum atomic E-state index is -3.64. The number of likely N-dealkylation sites (N-methyl/N-ethyl adjacent to an activating group) is 1. The Bertz CT molecular complexity index is 1010. The molecule has 0 unspecified atom stereocenters. The summed E-state index contributed by atoms with van der Waals surface area (Å²) in [4.78, 5) is 14.3. The van der Waals surface area contributed by atoms with Gasteiger partial charge in [0.25, 0.3) is 0 Å². The lowest BCUT2D eigenvalue weighted by Crippen LogP contribution is -2.30. The third kappa shape index (κ3) is 5.85. The number of benzene rings is 2. The molecule has 0 radical (unpaired) electrons. The summed E-state index contributed by atoms with van der Waals surface area (Å²) in [6.45, 7) is 0.575. The fraction of sp³-hybridized carbons (Fsp3) is 0.350. The molecule has 0 aromatic heterocycles. The van der Waals surface area contributed by atoms with E-state index in [0.717, 1.165) is 9.87 Å². The van der Waals surface area contributed by atoms with E-state index >= 15 is 0 Å². The normalized spacial score (nSPS) is 11.6. The first-order valence-corrected chi connectivity index (χ1v) is 10.8. The first-order chi connectivity index (χ1) is 14.1. The molecule has 0 saturated carbocycles. The van der Waals surface area contributed by atoms with E-state index < -0.39 is 10.0 Å². The van der Waals surface area contributed by atoms with Crippen LogP contribution in [0.5, 0.6) is 11.5 Å². The summed E-state index contributed by atoms with van der Waals surface area (Å²) in [5.74, 6) is 0.918. The van der Waals surface area contributed by atoms with Crippen molar-refractivity contribution in [2.24, 2.45) is 0 Å². The molecule has 2 aromatic rings. The number of methoxy groups -OCH3 is 2. The van der Waals surface area contributed by atoms with Crippen LogP contribution in [0.15, 0.2) is 41.3 Å². The van der Waals surface area contributed by atoms with Gasteiger partial charge >= 0.3 is 0 Å². The van der Waals surface area contributed by atoms with Crippen molar-refractivity contribution in [3.63, 3.8) is 0 Å². The third-order valence-corrected chi connectivity index (χ3v) is 6.45. The predicted molar refractivity (Wildman–Crippen MR) is 117 cm³/mol. The Morgan fingerprint density at radius 1 is 1.03 bits per heavy atom. The fourth-order valence-electron chi connectivity index (χ4n) is 2.75. The van der Waals surface area contributed by atoms with Crippen LogP contribution in [0.4, 0.5) is 5.69 Å². The molecule has 0 fully saturated rings. The highest BCUT2D eigenvalue weighted by Crippen LogP contribution is 2.28. The van der Waals surface area contributed by atoms with E-state index in [0.29, 0.717) is 18.0 Å². The van der Waals surface area contributed by atoms with Gasteiger partial charge in [0.05, 0.1) is 36.4 Å². The van der Waals surface area contributed by atoms with E-state index in [1.165, 1.54) is 32.3 Å². The molecule has 2 aromatic carbocycles. The Morgan fingerprint density at radius 3 is 2.30 bits per heavy atom. The molecule has 0 atom stereocenters. The Hall–Kier alpha value is -2.33. The number of amides is 1. The first kappa shape index (κ1) is 23.9. The van der Waals surface area contributed by atoms with E-state index in [1.807, 2.05) is 17.0 Å². The number of halogens is 1. The maximum Gasteiger partial charge on any atom is 0.242 e. The zero-order chi connectivity index (χ0) is 22.5. The standard InChI is InChI=1S/C20H26ClN3O5S/c1-23(2)30(26,27)15-7-8-16(21)17(11-15)22-20(25)13-24(3)12-14-6-9-18(28-4)19(10-14)29-5/h6-11H,12-13H2,1-5H3,(H,22,25). The van der Waals surface area contributed by atoms with Crippen molar-refractivity contribution in [2.45, 2.75) is 11.4 Å². The van der Waals surface area contributed by atoms with Crippen LogP contribution >= 0.6 is 11.6 Å². The molecule has 0 spiro atoms. The summed E-state index contributed by atoms with van der Waals surface area (Å²) in [7, 11) is 4.16. The summed E-state index contributed by atoms with van der Waals surface area (Å²) in [5.41, 5.74) is 1.18. The Morgan fingerprint density at radius 2 is 1.70 bits per heavy atom. The predicted octanol–water partition coefficient (Wildman–Crippen LogP) is 2.68. The fourth-order valence-corrected chi connectivity index (χ4v) is 3.85. The largest absolute Gasteiger partial charge is 0.493 e. The molecule has 0 bridgehead atoms. The van der Waals surface area contributed by atoms with E-state index in [-0.39, 0.29) is 28.1 Å². The van der Waals surface area contributed by atoms with Crippen LogP contribution in [-0.4, -0.2) is 65.4 Å². The molecule has 2 rings (SSSR count). The zero-order valence-corrected chi connectivity index (χ0v) is 19.2. The van der Waals surface area contributed by atoms with Crippen molar-refractivity contribution in [3.8, 4) is 11.5 Å². The second kappa shape index (κ2) is 10.1. The van der Waals surface area contributed by atoms with Crippen molar-refractivity contribution in [1.29, 1.82) is 0 Å². The molecule has 164 valence electrons. The second-order valence-corrected chi connectivity index (χ2v) is 9.40. The summed E-state index contributed by atoms with van der Waals surface area (Å²) in [6, 6.07) is 9.74. The number of carbonyl (C=O) groups excluding carboxylic acids is 1. The molecule has 0 aliphatic rings. The van der Waals surface area contributed by atoms with Gasteiger partial charge in [-0.15, -0.1) is 0 Å². The third-order valence-electron chi connectivity index (χ3n) is 4.30. The molecule has 0 heterocycles. The van der Waals surface area contributed by atoms with Gasteiger partial charge in [-0.2, -0.15) is 0 Å². The lowest BCUT2D eigenvalue weighted by atomic mass is 10.2. The highest BCUT2D eigenvalue weighted by atomic mass is 35.5. The van der Waals surface area contributed by atoms with Gasteiger partial charge in [0, 0.05) is 20.6 Å². The van der Waals surface area contributed by atoms with Gasteiger partial charge < -0.3 is 14.8 Å². The molecular weight excluding hydrogens is 430 g/mol. The number of hydrogen-bond donors (Lipinski definition) is 1. The quantitative estimate of drug-likeness (QED) is 0.625. The number of anilines is 1. The molecule has 0 aliphatic carbocycles. The summed E-state index contributed by atoms with van der Waals surface area (Å²) >= 11 is 6.14. The van der Waals surface area contributed by atoms with Crippen molar-refractivity contribution < 1.29 is 22.7 Å². The van der Waals surface area contributed by atoms with Crippen molar-refractivity contribution in [3.05, 3.63) is 47.0 Å². The highest BCUT2D eigenvalue weighted by molar-refractivity contribution is 7.89. The van der Waals surface area contributed by atoms with E-state index in [2.05, 4.69) is 5.32 Å². The van der Waals surface area contributed by atoms with Crippen LogP contribution in [0.1, 0.15) is 5.56 Å². The Kier molecular flexibility index (Phi) is 8.08. The molecule has 10 heteroatoms. The van der Waals surface area contributed by atoms with Gasteiger partial charge in [-0.3, -0.25) is 9.69 Å². The summed E-state index contributed by atoms with van der Waals surface area (Å²) in [5, 5.41) is 2.93. The lowest BCUT2D eigenvalue weighted by molar-refractivity contribution is -0.117. The molecule has 30 heavy (non-hydrogen) atoms. The molecular formula is C20H26ClN3O5S. The van der Waals surface area contributed by atoms with E-state index in [1.54, 1.807) is 27.3 Å². The summed E-state index contributed by atoms with van der Waals surface area (Å²) in [6.07, 6.45) is 0. The van der Waals surface area contributed by atoms with Crippen LogP contribution in [0.25, 0.3) is 0 Å². The van der Waals surface area contributed by atoms with Crippen molar-refractivity contribution in [2.75, 3.05) is 47.2 Å². The smallest absolute Gasteiger partial charge is 0.242 e. The highest BCUT2D eigenvalue weighted by Gasteiger charge is 2.19. The maximum absolute atomic E-state index is 12.5. The van der Waals surface area contributed by atoms with Crippen molar-refractivity contribution >= 4 is 33.2 Å². The van der Waals surface area contributed by atoms with Crippen LogP contribution in [0.2, 0.25) is 5.02 Å². The van der Waals surface area contributed by atoms with Crippen LogP contribution < -0.4 is 14.8 Å². The topological polar surface area (TPSA) is 88.2 Å². The molecule has 8 nitrogen and oxygen atoms in total. The van der Waals surface area contributed by atoms with Gasteiger partial charge in [-0.1, -0.05) is 17.7 Å². The van der Waals surface area contributed by atoms with Crippen LogP contribution in [0, 0.1) is 0 Å². The average Bonchev–Trinajstić information content (AvgIpc) is 2.69. The minimum absolute atomic E-state index is 0.0471. The number of hydrogen-bond acceptors (Lipinski definition) is 6. The van der Waals surface area contributed by atoms with Gasteiger partial charge in [0.15, 0.2) is 11.5 Å². The molecule has 1 amide bonds. The second-order valence-electron chi connectivity index (χ2n) is 6.84. The number of nitrogens with one attached hydrogen (secondary N) is 1. The number of ether oxygens (including phenoxy) is 2. The Labute approximate surface area is 182 Å². The van der Waals surface area contributed by atoms with E-state index in [9.17, 15) is 13.2 Å².